The van der Waals surface area contributed by atoms with Gasteiger partial charge in [-0.3, -0.25) is 9.36 Å². The number of thioether (sulfide) groups is 1. The lowest BCUT2D eigenvalue weighted by atomic mass is 10.1. The van der Waals surface area contributed by atoms with Crippen molar-refractivity contribution in [1.82, 2.24) is 14.5 Å². The van der Waals surface area contributed by atoms with E-state index in [9.17, 15) is 4.79 Å². The Morgan fingerprint density at radius 2 is 2.26 bits per heavy atom. The van der Waals surface area contributed by atoms with E-state index >= 15 is 0 Å². The second-order valence-corrected chi connectivity index (χ2v) is 9.41. The zero-order chi connectivity index (χ0) is 19.1. The first-order valence-electron chi connectivity index (χ1n) is 8.73. The van der Waals surface area contributed by atoms with E-state index in [1.54, 1.807) is 15.9 Å². The Balaban J connectivity index is 1.97. The molecule has 1 aliphatic heterocycles. The molecule has 0 fully saturated rings. The highest BCUT2D eigenvalue weighted by atomic mass is 35.5. The van der Waals surface area contributed by atoms with Crippen molar-refractivity contribution in [3.63, 3.8) is 0 Å². The minimum absolute atomic E-state index is 0.00957. The van der Waals surface area contributed by atoms with Gasteiger partial charge in [-0.1, -0.05) is 42.1 Å². The summed E-state index contributed by atoms with van der Waals surface area (Å²) < 4.78 is 1.73. The van der Waals surface area contributed by atoms with Crippen LogP contribution in [0.5, 0.6) is 0 Å². The molecule has 1 aliphatic rings. The van der Waals surface area contributed by atoms with Crippen LogP contribution in [0.2, 0.25) is 0 Å². The minimum atomic E-state index is 0.00957. The summed E-state index contributed by atoms with van der Waals surface area (Å²) in [6.07, 6.45) is 0.890. The Hall–Kier alpha value is -1.60. The Bertz CT molecular complexity index is 1100. The number of hydrogen-bond donors (Lipinski definition) is 0. The molecule has 0 amide bonds. The summed E-state index contributed by atoms with van der Waals surface area (Å²) in [5.41, 5.74) is 3.12. The van der Waals surface area contributed by atoms with Crippen molar-refractivity contribution in [1.29, 1.82) is 0 Å². The molecule has 0 bridgehead atoms. The number of thiophene rings is 1. The Morgan fingerprint density at radius 1 is 1.44 bits per heavy atom. The van der Waals surface area contributed by atoms with Crippen molar-refractivity contribution in [2.75, 3.05) is 19.3 Å². The number of fused-ring (bicyclic) bond motifs is 3. The predicted molar refractivity (Wildman–Crippen MR) is 116 cm³/mol. The third-order valence-electron chi connectivity index (χ3n) is 4.65. The van der Waals surface area contributed by atoms with Gasteiger partial charge >= 0.3 is 0 Å². The van der Waals surface area contributed by atoms with Crippen LogP contribution in [0, 0.1) is 6.92 Å². The van der Waals surface area contributed by atoms with Crippen LogP contribution in [-0.4, -0.2) is 33.8 Å². The average Bonchev–Trinajstić information content (AvgIpc) is 2.97. The van der Waals surface area contributed by atoms with Crippen LogP contribution in [-0.2, 0) is 13.0 Å². The highest BCUT2D eigenvalue weighted by Gasteiger charge is 2.24. The van der Waals surface area contributed by atoms with Crippen LogP contribution in [0.4, 0.5) is 0 Å². The van der Waals surface area contributed by atoms with Crippen LogP contribution in [0.3, 0.4) is 0 Å². The monoisotopic (exact) mass is 417 g/mol. The summed E-state index contributed by atoms with van der Waals surface area (Å²) in [6.45, 7) is 7.62. The van der Waals surface area contributed by atoms with E-state index in [0.29, 0.717) is 15.9 Å². The van der Waals surface area contributed by atoms with Crippen molar-refractivity contribution < 1.29 is 0 Å². The van der Waals surface area contributed by atoms with E-state index < -0.39 is 0 Å². The number of aryl methyl sites for hydroxylation is 1. The normalized spacial score (nSPS) is 14.5. The van der Waals surface area contributed by atoms with Gasteiger partial charge in [-0.15, -0.1) is 11.3 Å². The summed E-state index contributed by atoms with van der Waals surface area (Å²) in [5.74, 6) is 0.513. The van der Waals surface area contributed by atoms with Crippen LogP contribution < -0.4 is 5.56 Å². The lowest BCUT2D eigenvalue weighted by Crippen LogP contribution is -2.27. The van der Waals surface area contributed by atoms with Crippen LogP contribution >= 0.6 is 34.7 Å². The maximum Gasteiger partial charge on any atom is 0.267 e. The van der Waals surface area contributed by atoms with Crippen molar-refractivity contribution in [3.8, 4) is 5.69 Å². The molecule has 0 spiro atoms. The second kappa shape index (κ2) is 7.43. The number of benzene rings is 1. The fourth-order valence-corrected chi connectivity index (χ4v) is 5.66. The molecule has 0 radical (unpaired) electrons. The Kier molecular flexibility index (Phi) is 5.16. The molecule has 2 aromatic heterocycles. The zero-order valence-corrected chi connectivity index (χ0v) is 17.7. The van der Waals surface area contributed by atoms with Crippen LogP contribution in [0.15, 0.2) is 45.8 Å². The molecule has 3 heterocycles. The molecule has 0 unspecified atom stereocenters. The van der Waals surface area contributed by atoms with Gasteiger partial charge in [0.05, 0.1) is 11.1 Å². The molecule has 0 N–H and O–H groups in total. The molecule has 7 heteroatoms. The van der Waals surface area contributed by atoms with E-state index in [1.807, 2.05) is 31.2 Å². The quantitative estimate of drug-likeness (QED) is 0.459. The lowest BCUT2D eigenvalue weighted by Gasteiger charge is -2.21. The third-order valence-corrected chi connectivity index (χ3v) is 7.08. The summed E-state index contributed by atoms with van der Waals surface area (Å²) >= 11 is 9.06. The number of aromatic nitrogens is 2. The lowest BCUT2D eigenvalue weighted by molar-refractivity contribution is 0.318. The second-order valence-electron chi connectivity index (χ2n) is 6.85. The fourth-order valence-electron chi connectivity index (χ4n) is 3.39. The first-order valence-corrected chi connectivity index (χ1v) is 10.9. The van der Waals surface area contributed by atoms with Crippen molar-refractivity contribution in [2.24, 2.45) is 0 Å². The van der Waals surface area contributed by atoms with E-state index in [-0.39, 0.29) is 5.56 Å². The largest absolute Gasteiger partial charge is 0.301 e. The molecule has 140 valence electrons. The Labute approximate surface area is 171 Å². The molecule has 0 aliphatic carbocycles. The summed E-state index contributed by atoms with van der Waals surface area (Å²) in [7, 11) is 2.11. The molecule has 27 heavy (non-hydrogen) atoms. The number of hydrogen-bond acceptors (Lipinski definition) is 5. The van der Waals surface area contributed by atoms with Gasteiger partial charge in [0.25, 0.3) is 5.56 Å². The number of rotatable bonds is 4. The highest BCUT2D eigenvalue weighted by Crippen LogP contribution is 2.34. The maximum atomic E-state index is 13.6. The van der Waals surface area contributed by atoms with Crippen molar-refractivity contribution in [2.45, 2.75) is 25.0 Å². The number of nitrogens with zero attached hydrogens (tertiary/aromatic N) is 3. The van der Waals surface area contributed by atoms with Gasteiger partial charge in [-0.05, 0) is 43.7 Å². The molecule has 0 saturated heterocycles. The van der Waals surface area contributed by atoms with Crippen molar-refractivity contribution >= 4 is 44.9 Å². The van der Waals surface area contributed by atoms with Gasteiger partial charge in [0.2, 0.25) is 0 Å². The highest BCUT2D eigenvalue weighted by molar-refractivity contribution is 7.99. The zero-order valence-electron chi connectivity index (χ0n) is 15.3. The fraction of sp³-hybridized carbons (Fsp3) is 0.300. The van der Waals surface area contributed by atoms with Crippen molar-refractivity contribution in [3.05, 3.63) is 62.2 Å². The van der Waals surface area contributed by atoms with Gasteiger partial charge in [0.15, 0.2) is 5.16 Å². The standard InChI is InChI=1S/C20H20ClN3OS2/c1-12-5-4-6-14(9-12)24-19(25)17-15-7-8-23(3)10-16(15)27-18(17)22-20(24)26-11-13(2)21/h4-6,9H,2,7-8,10-11H2,1,3H3. The first kappa shape index (κ1) is 18.7. The first-order chi connectivity index (χ1) is 12.9. The molecule has 0 saturated carbocycles. The summed E-state index contributed by atoms with van der Waals surface area (Å²) in [6, 6.07) is 7.96. The predicted octanol–water partition coefficient (Wildman–Crippen LogP) is 4.59. The van der Waals surface area contributed by atoms with Gasteiger partial charge in [0, 0.05) is 28.8 Å². The minimum Gasteiger partial charge on any atom is -0.301 e. The van der Waals surface area contributed by atoms with Gasteiger partial charge < -0.3 is 4.90 Å². The van der Waals surface area contributed by atoms with Gasteiger partial charge in [-0.25, -0.2) is 4.98 Å². The van der Waals surface area contributed by atoms with E-state index in [1.165, 1.54) is 22.2 Å². The Morgan fingerprint density at radius 3 is 3.00 bits per heavy atom. The number of likely N-dealkylation sites (N-methyl/N-ethyl adjacent to an activating group) is 1. The SMILES string of the molecule is C=C(Cl)CSc1nc2sc3c(c2c(=O)n1-c1cccc(C)c1)CCN(C)C3. The molecule has 4 nitrogen and oxygen atoms in total. The third kappa shape index (κ3) is 3.59. The van der Waals surface area contributed by atoms with E-state index in [0.717, 1.165) is 41.0 Å². The van der Waals surface area contributed by atoms with Crippen LogP contribution in [0.25, 0.3) is 15.9 Å². The molecule has 0 atom stereocenters. The molecule has 4 rings (SSSR count). The molecular formula is C20H20ClN3OS2. The molecule has 3 aromatic rings. The van der Waals surface area contributed by atoms with Crippen LogP contribution in [0.1, 0.15) is 16.0 Å². The topological polar surface area (TPSA) is 38.1 Å². The molecular weight excluding hydrogens is 398 g/mol. The maximum absolute atomic E-state index is 13.6. The smallest absolute Gasteiger partial charge is 0.267 e. The molecule has 1 aromatic carbocycles. The summed E-state index contributed by atoms with van der Waals surface area (Å²) in [5, 5.41) is 1.97. The van der Waals surface area contributed by atoms with E-state index in [2.05, 4.69) is 18.5 Å². The van der Waals surface area contributed by atoms with E-state index in [4.69, 9.17) is 16.6 Å². The summed E-state index contributed by atoms with van der Waals surface area (Å²) in [4.78, 5) is 22.8. The van der Waals surface area contributed by atoms with Gasteiger partial charge in [-0.2, -0.15) is 0 Å². The number of halogens is 1. The average molecular weight is 418 g/mol. The van der Waals surface area contributed by atoms with Gasteiger partial charge in [0.1, 0.15) is 4.83 Å².